The average Bonchev–Trinajstić information content (AvgIpc) is 3.04. The number of methoxy groups -OCH3 is 1. The van der Waals surface area contributed by atoms with E-state index in [4.69, 9.17) is 4.74 Å². The highest BCUT2D eigenvalue weighted by molar-refractivity contribution is 6.05. The van der Waals surface area contributed by atoms with Crippen LogP contribution in [0.2, 0.25) is 0 Å². The molecule has 25 heavy (non-hydrogen) atoms. The molecule has 2 nitrogen and oxygen atoms in total. The molecule has 1 aliphatic heterocycles. The molecule has 3 aromatic carbocycles. The van der Waals surface area contributed by atoms with Gasteiger partial charge in [0, 0.05) is 22.7 Å². The number of para-hydroxylation sites is 3. The van der Waals surface area contributed by atoms with Gasteiger partial charge in [-0.15, -0.1) is 0 Å². The fourth-order valence-corrected chi connectivity index (χ4v) is 3.76. The molecular formula is C23H17NO. The molecule has 0 aliphatic carbocycles. The lowest BCUT2D eigenvalue weighted by atomic mass is 9.94. The maximum absolute atomic E-state index is 5.65. The number of ether oxygens (including phenoxy) is 1. The molecule has 0 bridgehead atoms. The standard InChI is InChI=1S/C23H17NO/c1-25-22-12-5-3-9-18(22)20-15-17-7-2-4-11-21(17)24-14-13-16-8-6-10-19(20)23(16)24/h2-15H,1H3. The molecule has 0 fully saturated rings. The Bertz CT molecular complexity index is 1130. The number of nitrogens with zero attached hydrogens (tertiary/aromatic N) is 1. The maximum atomic E-state index is 5.65. The molecular weight excluding hydrogens is 306 g/mol. The first kappa shape index (κ1) is 14.1. The topological polar surface area (TPSA) is 14.2 Å². The van der Waals surface area contributed by atoms with Gasteiger partial charge in [0.1, 0.15) is 5.75 Å². The summed E-state index contributed by atoms with van der Waals surface area (Å²) in [5.74, 6) is 0.892. The van der Waals surface area contributed by atoms with E-state index < -0.39 is 0 Å². The molecule has 2 heteroatoms. The quantitative estimate of drug-likeness (QED) is 0.416. The van der Waals surface area contributed by atoms with Gasteiger partial charge in [-0.2, -0.15) is 0 Å². The van der Waals surface area contributed by atoms with Gasteiger partial charge in [0.25, 0.3) is 0 Å². The Morgan fingerprint density at radius 1 is 0.760 bits per heavy atom. The maximum Gasteiger partial charge on any atom is 0.126 e. The number of hydrogen-bond donors (Lipinski definition) is 0. The zero-order valence-electron chi connectivity index (χ0n) is 13.9. The van der Waals surface area contributed by atoms with Crippen molar-refractivity contribution in [3.05, 3.63) is 95.7 Å². The van der Waals surface area contributed by atoms with E-state index in [2.05, 4.69) is 77.5 Å². The van der Waals surface area contributed by atoms with E-state index in [9.17, 15) is 0 Å². The number of hydrogen-bond acceptors (Lipinski definition) is 1. The molecule has 0 amide bonds. The summed E-state index contributed by atoms with van der Waals surface area (Å²) in [5.41, 5.74) is 7.18. The van der Waals surface area contributed by atoms with Crippen LogP contribution in [-0.2, 0) is 0 Å². The fraction of sp³-hybridized carbons (Fsp3) is 0.0435. The van der Waals surface area contributed by atoms with Crippen LogP contribution in [0, 0.1) is 0 Å². The summed E-state index contributed by atoms with van der Waals surface area (Å²) in [6, 6.07) is 25.4. The Kier molecular flexibility index (Phi) is 3.04. The van der Waals surface area contributed by atoms with E-state index >= 15 is 0 Å². The third-order valence-corrected chi connectivity index (χ3v) is 4.89. The molecule has 1 aliphatic rings. The Balaban J connectivity index is 1.93. The summed E-state index contributed by atoms with van der Waals surface area (Å²) in [6.45, 7) is 0. The van der Waals surface area contributed by atoms with Crippen molar-refractivity contribution in [1.29, 1.82) is 0 Å². The van der Waals surface area contributed by atoms with Gasteiger partial charge in [0.2, 0.25) is 0 Å². The van der Waals surface area contributed by atoms with E-state index in [1.165, 1.54) is 33.3 Å². The monoisotopic (exact) mass is 323 g/mol. The largest absolute Gasteiger partial charge is 0.496 e. The molecule has 0 radical (unpaired) electrons. The minimum Gasteiger partial charge on any atom is -0.496 e. The van der Waals surface area contributed by atoms with Crippen molar-refractivity contribution >= 4 is 22.6 Å². The van der Waals surface area contributed by atoms with Crippen molar-refractivity contribution in [2.45, 2.75) is 0 Å². The third-order valence-electron chi connectivity index (χ3n) is 4.89. The van der Waals surface area contributed by atoms with Gasteiger partial charge in [-0.1, -0.05) is 54.6 Å². The van der Waals surface area contributed by atoms with Gasteiger partial charge in [-0.3, -0.25) is 0 Å². The molecule has 0 atom stereocenters. The van der Waals surface area contributed by atoms with Crippen molar-refractivity contribution in [2.75, 3.05) is 7.11 Å². The lowest BCUT2D eigenvalue weighted by Gasteiger charge is -2.13. The predicted molar refractivity (Wildman–Crippen MR) is 103 cm³/mol. The fourth-order valence-electron chi connectivity index (χ4n) is 3.76. The first-order valence-corrected chi connectivity index (χ1v) is 8.42. The molecule has 0 saturated carbocycles. The summed E-state index contributed by atoms with van der Waals surface area (Å²) < 4.78 is 7.94. The van der Waals surface area contributed by atoms with Crippen LogP contribution in [0.15, 0.2) is 79.0 Å². The summed E-state index contributed by atoms with van der Waals surface area (Å²) in [6.07, 6.45) is 4.43. The highest BCUT2D eigenvalue weighted by Gasteiger charge is 2.20. The second-order valence-electron chi connectivity index (χ2n) is 6.25. The Labute approximate surface area is 146 Å². The van der Waals surface area contributed by atoms with Gasteiger partial charge in [0.15, 0.2) is 0 Å². The average molecular weight is 323 g/mol. The van der Waals surface area contributed by atoms with Crippen LogP contribution in [0.4, 0.5) is 0 Å². The second-order valence-corrected chi connectivity index (χ2v) is 6.25. The van der Waals surface area contributed by atoms with Crippen LogP contribution < -0.4 is 4.74 Å². The van der Waals surface area contributed by atoms with Crippen molar-refractivity contribution in [2.24, 2.45) is 0 Å². The third kappa shape index (κ3) is 2.04. The van der Waals surface area contributed by atoms with Gasteiger partial charge in [0.05, 0.1) is 18.3 Å². The zero-order chi connectivity index (χ0) is 16.8. The second kappa shape index (κ2) is 5.38. The molecule has 4 aromatic rings. The summed E-state index contributed by atoms with van der Waals surface area (Å²) in [5, 5.41) is 1.25. The SMILES string of the molecule is COc1ccccc1C1=Cc2ccccc2-n2ccc3cccc1c32. The number of benzene rings is 3. The molecule has 2 heterocycles. The van der Waals surface area contributed by atoms with Crippen molar-refractivity contribution in [3.63, 3.8) is 0 Å². The van der Waals surface area contributed by atoms with Gasteiger partial charge >= 0.3 is 0 Å². The lowest BCUT2D eigenvalue weighted by Crippen LogP contribution is -1.95. The first-order chi connectivity index (χ1) is 12.4. The summed E-state index contributed by atoms with van der Waals surface area (Å²) in [7, 11) is 1.73. The van der Waals surface area contributed by atoms with Crippen LogP contribution in [0.25, 0.3) is 28.2 Å². The number of aromatic nitrogens is 1. The molecule has 0 spiro atoms. The number of fused-ring (bicyclic) bond motifs is 2. The minimum atomic E-state index is 0.892. The highest BCUT2D eigenvalue weighted by Crippen LogP contribution is 2.40. The van der Waals surface area contributed by atoms with E-state index in [1.54, 1.807) is 7.11 Å². The van der Waals surface area contributed by atoms with E-state index in [0.717, 1.165) is 11.3 Å². The molecule has 0 unspecified atom stereocenters. The van der Waals surface area contributed by atoms with Gasteiger partial charge in [-0.25, -0.2) is 0 Å². The number of rotatable bonds is 2. The Hall–Kier alpha value is -3.26. The lowest BCUT2D eigenvalue weighted by molar-refractivity contribution is 0.413. The first-order valence-electron chi connectivity index (χ1n) is 8.42. The molecule has 120 valence electrons. The van der Waals surface area contributed by atoms with Crippen LogP contribution in [0.1, 0.15) is 16.7 Å². The van der Waals surface area contributed by atoms with E-state index in [-0.39, 0.29) is 0 Å². The summed E-state index contributed by atoms with van der Waals surface area (Å²) >= 11 is 0. The van der Waals surface area contributed by atoms with E-state index in [0.29, 0.717) is 0 Å². The van der Waals surface area contributed by atoms with Crippen molar-refractivity contribution < 1.29 is 4.74 Å². The van der Waals surface area contributed by atoms with Crippen LogP contribution in [0.5, 0.6) is 5.75 Å². The van der Waals surface area contributed by atoms with Crippen LogP contribution in [0.3, 0.4) is 0 Å². The van der Waals surface area contributed by atoms with E-state index in [1.807, 2.05) is 12.1 Å². The van der Waals surface area contributed by atoms with Crippen molar-refractivity contribution in [1.82, 2.24) is 4.57 Å². The van der Waals surface area contributed by atoms with Crippen LogP contribution >= 0.6 is 0 Å². The smallest absolute Gasteiger partial charge is 0.126 e. The van der Waals surface area contributed by atoms with Crippen LogP contribution in [-0.4, -0.2) is 11.7 Å². The van der Waals surface area contributed by atoms with Gasteiger partial charge < -0.3 is 9.30 Å². The normalized spacial score (nSPS) is 12.4. The Morgan fingerprint density at radius 3 is 2.48 bits per heavy atom. The Morgan fingerprint density at radius 2 is 1.56 bits per heavy atom. The summed E-state index contributed by atoms with van der Waals surface area (Å²) in [4.78, 5) is 0. The molecule has 1 aromatic heterocycles. The highest BCUT2D eigenvalue weighted by atomic mass is 16.5. The molecule has 0 saturated heterocycles. The van der Waals surface area contributed by atoms with Crippen molar-refractivity contribution in [3.8, 4) is 11.4 Å². The minimum absolute atomic E-state index is 0.892. The van der Waals surface area contributed by atoms with Gasteiger partial charge in [-0.05, 0) is 35.4 Å². The predicted octanol–water partition coefficient (Wildman–Crippen LogP) is 5.54. The zero-order valence-corrected chi connectivity index (χ0v) is 13.9. The molecule has 5 rings (SSSR count). The molecule has 0 N–H and O–H groups in total.